The smallest absolute Gasteiger partial charge is 0.338 e. The largest absolute Gasteiger partial charge is 0.449 e. The summed E-state index contributed by atoms with van der Waals surface area (Å²) in [6.45, 7) is 8.89. The van der Waals surface area contributed by atoms with Crippen LogP contribution < -0.4 is 10.2 Å². The number of anilines is 2. The molecule has 0 unspecified atom stereocenters. The fraction of sp³-hybridized carbons (Fsp3) is 0.318. The van der Waals surface area contributed by atoms with Crippen LogP contribution in [-0.2, 0) is 9.53 Å². The number of nitrogens with zero attached hydrogens (tertiary/aromatic N) is 1. The van der Waals surface area contributed by atoms with Crippen molar-refractivity contribution in [2.45, 2.75) is 33.8 Å². The molecule has 0 aliphatic heterocycles. The van der Waals surface area contributed by atoms with Crippen molar-refractivity contribution in [2.75, 3.05) is 23.3 Å². The third kappa shape index (κ3) is 5.42. The molecule has 1 N–H and O–H groups in total. The molecule has 0 fully saturated rings. The molecule has 0 radical (unpaired) electrons. The third-order valence-electron chi connectivity index (χ3n) is 4.44. The summed E-state index contributed by atoms with van der Waals surface area (Å²) >= 11 is 0. The molecule has 0 aliphatic rings. The van der Waals surface area contributed by atoms with Crippen LogP contribution in [0.1, 0.15) is 48.4 Å². The zero-order valence-electron chi connectivity index (χ0n) is 16.7. The number of rotatable bonds is 8. The summed E-state index contributed by atoms with van der Waals surface area (Å²) in [5.74, 6) is -1.04. The van der Waals surface area contributed by atoms with E-state index < -0.39 is 18.0 Å². The van der Waals surface area contributed by atoms with Crippen LogP contribution in [0, 0.1) is 0 Å². The van der Waals surface area contributed by atoms with E-state index in [0.717, 1.165) is 18.8 Å². The van der Waals surface area contributed by atoms with Gasteiger partial charge in [0.05, 0.1) is 5.56 Å². The fourth-order valence-electron chi connectivity index (χ4n) is 2.71. The van der Waals surface area contributed by atoms with Crippen LogP contribution in [0.2, 0.25) is 0 Å². The summed E-state index contributed by atoms with van der Waals surface area (Å²) in [5, 5.41) is 2.67. The molecule has 0 bridgehead atoms. The van der Waals surface area contributed by atoms with E-state index in [9.17, 15) is 14.4 Å². The monoisotopic (exact) mass is 382 g/mol. The van der Waals surface area contributed by atoms with E-state index in [-0.39, 0.29) is 5.78 Å². The minimum Gasteiger partial charge on any atom is -0.449 e. The molecule has 0 aromatic heterocycles. The normalized spacial score (nSPS) is 11.4. The summed E-state index contributed by atoms with van der Waals surface area (Å²) in [6, 6.07) is 13.7. The third-order valence-corrected chi connectivity index (χ3v) is 4.44. The van der Waals surface area contributed by atoms with Crippen LogP contribution in [-0.4, -0.2) is 36.9 Å². The molecule has 2 aromatic rings. The minimum absolute atomic E-state index is 0.0489. The van der Waals surface area contributed by atoms with Gasteiger partial charge in [0.2, 0.25) is 0 Å². The fourth-order valence-corrected chi connectivity index (χ4v) is 2.71. The molecule has 1 atom stereocenters. The van der Waals surface area contributed by atoms with Gasteiger partial charge in [-0.3, -0.25) is 9.59 Å². The van der Waals surface area contributed by atoms with Gasteiger partial charge in [-0.15, -0.1) is 0 Å². The van der Waals surface area contributed by atoms with E-state index in [1.54, 1.807) is 36.4 Å². The van der Waals surface area contributed by atoms with Crippen molar-refractivity contribution in [2.24, 2.45) is 0 Å². The first-order chi connectivity index (χ1) is 13.3. The van der Waals surface area contributed by atoms with Gasteiger partial charge in [-0.2, -0.15) is 0 Å². The second-order valence-corrected chi connectivity index (χ2v) is 6.39. The first kappa shape index (κ1) is 21.2. The van der Waals surface area contributed by atoms with Crippen molar-refractivity contribution >= 4 is 29.0 Å². The second-order valence-electron chi connectivity index (χ2n) is 6.39. The molecule has 0 saturated heterocycles. The molecule has 2 aromatic carbocycles. The molecule has 0 spiro atoms. The molecule has 6 nitrogen and oxygen atoms in total. The Morgan fingerprint density at radius 1 is 0.929 bits per heavy atom. The van der Waals surface area contributed by atoms with Crippen LogP contribution in [0.5, 0.6) is 0 Å². The molecule has 0 aliphatic carbocycles. The van der Waals surface area contributed by atoms with Crippen molar-refractivity contribution in [3.05, 3.63) is 59.7 Å². The van der Waals surface area contributed by atoms with Gasteiger partial charge in [-0.1, -0.05) is 0 Å². The zero-order valence-corrected chi connectivity index (χ0v) is 16.7. The molecule has 1 amide bonds. The molecule has 28 heavy (non-hydrogen) atoms. The topological polar surface area (TPSA) is 75.7 Å². The molecule has 2 rings (SSSR count). The van der Waals surface area contributed by atoms with E-state index in [0.29, 0.717) is 16.8 Å². The average Bonchev–Trinajstić information content (AvgIpc) is 2.69. The highest BCUT2D eigenvalue weighted by atomic mass is 16.5. The van der Waals surface area contributed by atoms with Gasteiger partial charge in [-0.25, -0.2) is 4.79 Å². The highest BCUT2D eigenvalue weighted by Gasteiger charge is 2.19. The predicted molar refractivity (Wildman–Crippen MR) is 110 cm³/mol. The van der Waals surface area contributed by atoms with E-state index in [1.807, 2.05) is 12.1 Å². The lowest BCUT2D eigenvalue weighted by Gasteiger charge is -2.21. The Labute approximate surface area is 165 Å². The number of Topliss-reactive ketones (excluding diaryl/α,β-unsaturated/α-hetero) is 1. The highest BCUT2D eigenvalue weighted by molar-refractivity contribution is 5.98. The first-order valence-electron chi connectivity index (χ1n) is 9.33. The quantitative estimate of drug-likeness (QED) is 0.553. The number of hydrogen-bond acceptors (Lipinski definition) is 5. The van der Waals surface area contributed by atoms with Crippen LogP contribution in [0.4, 0.5) is 11.4 Å². The maximum Gasteiger partial charge on any atom is 0.338 e. The van der Waals surface area contributed by atoms with Crippen LogP contribution in [0.15, 0.2) is 48.5 Å². The summed E-state index contributed by atoms with van der Waals surface area (Å²) in [6.07, 6.45) is -0.956. The van der Waals surface area contributed by atoms with Crippen LogP contribution in [0.25, 0.3) is 0 Å². The minimum atomic E-state index is -0.956. The van der Waals surface area contributed by atoms with E-state index >= 15 is 0 Å². The number of hydrogen-bond donors (Lipinski definition) is 1. The number of amides is 1. The number of carbonyl (C=O) groups is 3. The zero-order chi connectivity index (χ0) is 20.7. The Morgan fingerprint density at radius 3 is 1.96 bits per heavy atom. The van der Waals surface area contributed by atoms with Crippen molar-refractivity contribution in [1.82, 2.24) is 0 Å². The number of nitrogens with one attached hydrogen (secondary N) is 1. The van der Waals surface area contributed by atoms with Gasteiger partial charge >= 0.3 is 5.97 Å². The molecular formula is C22H26N2O4. The predicted octanol–water partition coefficient (Wildman–Crippen LogP) is 3.92. The van der Waals surface area contributed by atoms with Gasteiger partial charge in [0.25, 0.3) is 5.91 Å². The van der Waals surface area contributed by atoms with Crippen LogP contribution in [0.3, 0.4) is 0 Å². The molecule has 148 valence electrons. The van der Waals surface area contributed by atoms with E-state index in [1.165, 1.54) is 13.8 Å². The molecular weight excluding hydrogens is 356 g/mol. The number of ether oxygens (including phenoxy) is 1. The standard InChI is InChI=1S/C22H26N2O4/c1-5-24(6-2)20-13-9-18(10-14-20)22(27)28-16(4)21(26)23-19-11-7-17(8-12-19)15(3)25/h7-14,16H,5-6H2,1-4H3,(H,23,26)/t16-/m1/s1. The summed E-state index contributed by atoms with van der Waals surface area (Å²) < 4.78 is 5.27. The summed E-state index contributed by atoms with van der Waals surface area (Å²) in [4.78, 5) is 38.0. The Morgan fingerprint density at radius 2 is 1.46 bits per heavy atom. The number of ketones is 1. The second kappa shape index (κ2) is 9.69. The van der Waals surface area contributed by atoms with E-state index in [4.69, 9.17) is 4.74 Å². The summed E-state index contributed by atoms with van der Waals surface area (Å²) in [7, 11) is 0. The number of benzene rings is 2. The maximum atomic E-state index is 12.3. The molecule has 6 heteroatoms. The van der Waals surface area contributed by atoms with Crippen molar-refractivity contribution in [3.63, 3.8) is 0 Å². The van der Waals surface area contributed by atoms with E-state index in [2.05, 4.69) is 24.1 Å². The highest BCUT2D eigenvalue weighted by Crippen LogP contribution is 2.16. The summed E-state index contributed by atoms with van der Waals surface area (Å²) in [5.41, 5.74) is 2.51. The number of esters is 1. The Balaban J connectivity index is 1.95. The van der Waals surface area contributed by atoms with Gasteiger partial charge < -0.3 is 15.0 Å². The Kier molecular flexibility index (Phi) is 7.32. The first-order valence-corrected chi connectivity index (χ1v) is 9.33. The number of carbonyl (C=O) groups excluding carboxylic acids is 3. The van der Waals surface area contributed by atoms with Gasteiger partial charge in [0, 0.05) is 30.0 Å². The van der Waals surface area contributed by atoms with Gasteiger partial charge in [0.1, 0.15) is 0 Å². The van der Waals surface area contributed by atoms with Crippen molar-refractivity contribution in [3.8, 4) is 0 Å². The van der Waals surface area contributed by atoms with Gasteiger partial charge in [0.15, 0.2) is 11.9 Å². The lowest BCUT2D eigenvalue weighted by molar-refractivity contribution is -0.123. The maximum absolute atomic E-state index is 12.3. The SMILES string of the molecule is CCN(CC)c1ccc(C(=O)O[C@H](C)C(=O)Nc2ccc(C(C)=O)cc2)cc1. The lowest BCUT2D eigenvalue weighted by Crippen LogP contribution is -2.30. The van der Waals surface area contributed by atoms with Crippen LogP contribution >= 0.6 is 0 Å². The van der Waals surface area contributed by atoms with Gasteiger partial charge in [-0.05, 0) is 76.2 Å². The molecule has 0 heterocycles. The Bertz CT molecular complexity index is 825. The van der Waals surface area contributed by atoms with Crippen molar-refractivity contribution < 1.29 is 19.1 Å². The Hall–Kier alpha value is -3.15. The molecule has 0 saturated carbocycles. The average molecular weight is 382 g/mol. The lowest BCUT2D eigenvalue weighted by atomic mass is 10.1. The van der Waals surface area contributed by atoms with Crippen molar-refractivity contribution in [1.29, 1.82) is 0 Å².